The van der Waals surface area contributed by atoms with Gasteiger partial charge in [0.25, 0.3) is 5.56 Å². The maximum absolute atomic E-state index is 11.7. The quantitative estimate of drug-likeness (QED) is 0.432. The minimum Gasteiger partial charge on any atom is -0.481 e. The van der Waals surface area contributed by atoms with Crippen LogP contribution in [-0.4, -0.2) is 51.1 Å². The van der Waals surface area contributed by atoms with Gasteiger partial charge >= 0.3 is 18.1 Å². The highest BCUT2D eigenvalue weighted by molar-refractivity contribution is 6.33. The van der Waals surface area contributed by atoms with Crippen LogP contribution in [0.5, 0.6) is 0 Å². The van der Waals surface area contributed by atoms with E-state index in [0.29, 0.717) is 18.5 Å². The van der Waals surface area contributed by atoms with E-state index in [1.165, 1.54) is 25.3 Å². The van der Waals surface area contributed by atoms with Gasteiger partial charge in [-0.05, 0) is 12.8 Å². The van der Waals surface area contributed by atoms with Crippen molar-refractivity contribution in [1.29, 1.82) is 0 Å². The number of nitrogens with one attached hydrogen (secondary N) is 1. The summed E-state index contributed by atoms with van der Waals surface area (Å²) in [5.74, 6) is -3.93. The van der Waals surface area contributed by atoms with Gasteiger partial charge in [-0.25, -0.2) is 9.48 Å². The maximum Gasteiger partial charge on any atom is 0.490 e. The Labute approximate surface area is 161 Å². The fourth-order valence-electron chi connectivity index (χ4n) is 1.60. The molecule has 0 saturated heterocycles. The summed E-state index contributed by atoms with van der Waals surface area (Å²) < 4.78 is 32.8. The van der Waals surface area contributed by atoms with Crippen molar-refractivity contribution < 1.29 is 37.8 Å². The molecule has 0 unspecified atom stereocenters. The molecule has 0 bridgehead atoms. The second-order valence-corrected chi connectivity index (χ2v) is 5.65. The van der Waals surface area contributed by atoms with Gasteiger partial charge in [0.15, 0.2) is 0 Å². The summed E-state index contributed by atoms with van der Waals surface area (Å²) >= 11 is 5.91. The molecule has 1 aromatic heterocycles. The third kappa shape index (κ3) is 9.21. The average molecular weight is 431 g/mol. The number of halogens is 4. The lowest BCUT2D eigenvalue weighted by Gasteiger charge is -2.20. The first-order valence-corrected chi connectivity index (χ1v) is 7.92. The lowest BCUT2D eigenvalue weighted by molar-refractivity contribution is -0.192. The van der Waals surface area contributed by atoms with Crippen molar-refractivity contribution in [2.75, 3.05) is 12.1 Å². The van der Waals surface area contributed by atoms with E-state index >= 15 is 0 Å². The molecule has 1 rings (SSSR count). The Bertz CT molecular complexity index is 768. The van der Waals surface area contributed by atoms with Crippen LogP contribution in [0.15, 0.2) is 11.0 Å². The van der Waals surface area contributed by atoms with Gasteiger partial charge < -0.3 is 10.2 Å². The van der Waals surface area contributed by atoms with Crippen LogP contribution in [0.3, 0.4) is 0 Å². The van der Waals surface area contributed by atoms with Crippen LogP contribution in [0.1, 0.15) is 25.7 Å². The van der Waals surface area contributed by atoms with Crippen LogP contribution in [0.4, 0.5) is 18.9 Å². The molecule has 14 heteroatoms. The first-order valence-electron chi connectivity index (χ1n) is 7.54. The lowest BCUT2D eigenvalue weighted by atomic mass is 10.2. The van der Waals surface area contributed by atoms with E-state index in [0.717, 1.165) is 4.68 Å². The normalized spacial score (nSPS) is 10.5. The number of alkyl halides is 3. The van der Waals surface area contributed by atoms with E-state index in [4.69, 9.17) is 26.6 Å². The first-order chi connectivity index (χ1) is 12.8. The molecule has 0 atom stereocenters. The van der Waals surface area contributed by atoms with Gasteiger partial charge in [0, 0.05) is 26.9 Å². The van der Waals surface area contributed by atoms with Crippen molar-refractivity contribution in [3.63, 3.8) is 0 Å². The van der Waals surface area contributed by atoms with E-state index in [-0.39, 0.29) is 23.8 Å². The second-order valence-electron chi connectivity index (χ2n) is 5.27. The molecule has 10 nitrogen and oxygen atoms in total. The molecule has 28 heavy (non-hydrogen) atoms. The molecular formula is C14H18ClF3N4O6. The number of hydrogen-bond donors (Lipinski definition) is 3. The summed E-state index contributed by atoms with van der Waals surface area (Å²) in [5.41, 5.74) is 2.38. The molecule has 0 aliphatic rings. The van der Waals surface area contributed by atoms with Gasteiger partial charge in [-0.2, -0.15) is 18.3 Å². The monoisotopic (exact) mass is 430 g/mol. The zero-order chi connectivity index (χ0) is 22.1. The number of carboxylic acids is 2. The van der Waals surface area contributed by atoms with Gasteiger partial charge in [0.2, 0.25) is 5.91 Å². The molecule has 0 aliphatic heterocycles. The second kappa shape index (κ2) is 11.1. The summed E-state index contributed by atoms with van der Waals surface area (Å²) in [6.45, 7) is 0. The summed E-state index contributed by atoms with van der Waals surface area (Å²) in [6.07, 6.45) is -2.59. The Morgan fingerprint density at radius 3 is 2.21 bits per heavy atom. The molecule has 0 aromatic carbocycles. The van der Waals surface area contributed by atoms with Crippen molar-refractivity contribution >= 4 is 35.1 Å². The highest BCUT2D eigenvalue weighted by atomic mass is 35.5. The molecule has 158 valence electrons. The molecule has 0 fully saturated rings. The molecule has 1 heterocycles. The van der Waals surface area contributed by atoms with Crippen molar-refractivity contribution in [2.24, 2.45) is 7.05 Å². The van der Waals surface area contributed by atoms with Crippen molar-refractivity contribution in [2.45, 2.75) is 31.9 Å². The molecule has 0 spiro atoms. The van der Waals surface area contributed by atoms with Crippen molar-refractivity contribution in [3.8, 4) is 0 Å². The number of amides is 1. The number of nitrogens with zero attached hydrogens (tertiary/aromatic N) is 3. The Morgan fingerprint density at radius 2 is 1.75 bits per heavy atom. The molecular weight excluding hydrogens is 413 g/mol. The van der Waals surface area contributed by atoms with Gasteiger partial charge in [-0.3, -0.25) is 24.8 Å². The molecule has 0 radical (unpaired) electrons. The van der Waals surface area contributed by atoms with Crippen molar-refractivity contribution in [3.05, 3.63) is 21.6 Å². The standard InChI is InChI=1S/C12H17ClN4O4.C2HF3O2/c1-16(8-7-14-17(2)12(21)11(8)13)15-9(18)5-3-4-6-10(19)20;3-2(4,5)1(6)7/h7H,3-6H2,1-2H3,(H,15,18)(H,19,20);(H,6,7). The predicted molar refractivity (Wildman–Crippen MR) is 90.8 cm³/mol. The zero-order valence-corrected chi connectivity index (χ0v) is 15.5. The fraction of sp³-hybridized carbons (Fsp3) is 0.500. The van der Waals surface area contributed by atoms with Gasteiger partial charge in [-0.1, -0.05) is 11.6 Å². The molecule has 0 aliphatic carbocycles. The number of carboxylic acid groups (broad SMARTS) is 2. The Kier molecular flexibility index (Phi) is 9.99. The van der Waals surface area contributed by atoms with E-state index in [1.54, 1.807) is 0 Å². The summed E-state index contributed by atoms with van der Waals surface area (Å²) in [7, 11) is 3.01. The summed E-state index contributed by atoms with van der Waals surface area (Å²) in [4.78, 5) is 42.6. The number of carbonyl (C=O) groups excluding carboxylic acids is 1. The minimum absolute atomic E-state index is 0.0353. The number of aliphatic carboxylic acids is 2. The number of aryl methyl sites for hydroxylation is 1. The molecule has 0 saturated carbocycles. The van der Waals surface area contributed by atoms with Crippen LogP contribution < -0.4 is 16.0 Å². The number of unbranched alkanes of at least 4 members (excludes halogenated alkanes) is 1. The van der Waals surface area contributed by atoms with Crippen LogP contribution in [0, 0.1) is 0 Å². The van der Waals surface area contributed by atoms with Crippen molar-refractivity contribution in [1.82, 2.24) is 15.2 Å². The topological polar surface area (TPSA) is 142 Å². The lowest BCUT2D eigenvalue weighted by Crippen LogP contribution is -2.40. The first kappa shape index (κ1) is 25.2. The van der Waals surface area contributed by atoms with Gasteiger partial charge in [-0.15, -0.1) is 0 Å². The summed E-state index contributed by atoms with van der Waals surface area (Å²) in [5, 5.41) is 20.7. The minimum atomic E-state index is -5.08. The third-order valence-electron chi connectivity index (χ3n) is 3.00. The average Bonchev–Trinajstić information content (AvgIpc) is 2.56. The maximum atomic E-state index is 11.7. The highest BCUT2D eigenvalue weighted by Crippen LogP contribution is 2.17. The number of rotatable bonds is 7. The summed E-state index contributed by atoms with van der Waals surface area (Å²) in [6, 6.07) is 0. The van der Waals surface area contributed by atoms with E-state index in [9.17, 15) is 27.6 Å². The largest absolute Gasteiger partial charge is 0.490 e. The predicted octanol–water partition coefficient (Wildman–Crippen LogP) is 1.18. The molecule has 3 N–H and O–H groups in total. The Balaban J connectivity index is 0.000000887. The van der Waals surface area contributed by atoms with Crippen LogP contribution in [-0.2, 0) is 21.4 Å². The van der Waals surface area contributed by atoms with E-state index in [1.807, 2.05) is 0 Å². The number of carbonyl (C=O) groups is 3. The SMILES string of the molecule is CN(NC(=O)CCCCC(=O)O)c1cnn(C)c(=O)c1Cl.O=C(O)C(F)(F)F. The Morgan fingerprint density at radius 1 is 1.25 bits per heavy atom. The molecule has 1 aromatic rings. The fourth-order valence-corrected chi connectivity index (χ4v) is 1.90. The Hall–Kier alpha value is -2.83. The number of anilines is 1. The van der Waals surface area contributed by atoms with E-state index in [2.05, 4.69) is 10.5 Å². The van der Waals surface area contributed by atoms with Crippen LogP contribution in [0.2, 0.25) is 5.02 Å². The number of hydrazine groups is 1. The van der Waals surface area contributed by atoms with Crippen LogP contribution in [0.25, 0.3) is 0 Å². The van der Waals surface area contributed by atoms with Gasteiger partial charge in [0.05, 0.1) is 6.20 Å². The third-order valence-corrected chi connectivity index (χ3v) is 3.36. The number of aromatic nitrogens is 2. The highest BCUT2D eigenvalue weighted by Gasteiger charge is 2.38. The van der Waals surface area contributed by atoms with Crippen LogP contribution >= 0.6 is 11.6 Å². The van der Waals surface area contributed by atoms with E-state index < -0.39 is 23.7 Å². The number of hydrogen-bond acceptors (Lipinski definition) is 6. The molecule has 1 amide bonds. The smallest absolute Gasteiger partial charge is 0.481 e. The zero-order valence-electron chi connectivity index (χ0n) is 14.8. The van der Waals surface area contributed by atoms with Gasteiger partial charge in [0.1, 0.15) is 10.7 Å².